The van der Waals surface area contributed by atoms with E-state index in [1.165, 1.54) is 6.92 Å². The number of furan rings is 1. The van der Waals surface area contributed by atoms with Gasteiger partial charge in [-0.05, 0) is 57.2 Å². The second-order valence-corrected chi connectivity index (χ2v) is 6.99. The molecule has 1 aromatic heterocycles. The molecule has 1 heterocycles. The Morgan fingerprint density at radius 2 is 1.70 bits per heavy atom. The van der Waals surface area contributed by atoms with Gasteiger partial charge >= 0.3 is 5.97 Å². The van der Waals surface area contributed by atoms with Gasteiger partial charge in [0.2, 0.25) is 0 Å². The van der Waals surface area contributed by atoms with E-state index in [1.807, 2.05) is 6.92 Å². The van der Waals surface area contributed by atoms with Crippen LogP contribution < -0.4 is 4.74 Å². The van der Waals surface area contributed by atoms with Crippen LogP contribution in [0, 0.1) is 13.8 Å². The van der Waals surface area contributed by atoms with E-state index in [1.54, 1.807) is 49.4 Å². The van der Waals surface area contributed by atoms with Crippen LogP contribution in [0.4, 0.5) is 0 Å². The van der Waals surface area contributed by atoms with Gasteiger partial charge in [0.15, 0.2) is 5.78 Å². The molecule has 138 valence electrons. The third kappa shape index (κ3) is 4.07. The number of hydrogen-bond donors (Lipinski definition) is 0. The van der Waals surface area contributed by atoms with Crippen LogP contribution in [0.1, 0.15) is 39.0 Å². The molecule has 0 aliphatic heterocycles. The Hall–Kier alpha value is -2.56. The van der Waals surface area contributed by atoms with E-state index < -0.39 is 5.97 Å². The molecule has 0 amide bonds. The Balaban J connectivity index is 1.94. The predicted molar refractivity (Wildman–Crippen MR) is 105 cm³/mol. The zero-order valence-electron chi connectivity index (χ0n) is 14.9. The molecule has 0 atom stereocenters. The number of carbonyl (C=O) groups excluding carboxylic acids is 2. The average Bonchev–Trinajstić information content (AvgIpc) is 3.00. The summed E-state index contributed by atoms with van der Waals surface area (Å²) in [7, 11) is 0. The zero-order valence-corrected chi connectivity index (χ0v) is 16.4. The Kier molecular flexibility index (Phi) is 5.40. The minimum atomic E-state index is -0.619. The van der Waals surface area contributed by atoms with E-state index in [0.29, 0.717) is 32.7 Å². The summed E-state index contributed by atoms with van der Waals surface area (Å²) in [5.41, 5.74) is 2.07. The highest BCUT2D eigenvalue weighted by atomic mass is 35.5. The number of carbonyl (C=O) groups is 2. The lowest BCUT2D eigenvalue weighted by Gasteiger charge is -2.08. The summed E-state index contributed by atoms with van der Waals surface area (Å²) in [4.78, 5) is 24.5. The fraction of sp³-hybridized carbons (Fsp3) is 0.143. The minimum absolute atomic E-state index is 0.184. The molecule has 6 heteroatoms. The van der Waals surface area contributed by atoms with Crippen LogP contribution in [0.3, 0.4) is 0 Å². The third-order valence-electron chi connectivity index (χ3n) is 4.05. The molecule has 0 spiro atoms. The van der Waals surface area contributed by atoms with Crippen molar-refractivity contribution in [2.75, 3.05) is 0 Å². The summed E-state index contributed by atoms with van der Waals surface area (Å²) in [5.74, 6) is 0.190. The van der Waals surface area contributed by atoms with E-state index in [0.717, 1.165) is 5.56 Å². The third-order valence-corrected chi connectivity index (χ3v) is 4.61. The van der Waals surface area contributed by atoms with Crippen molar-refractivity contribution in [1.29, 1.82) is 0 Å². The predicted octanol–water partition coefficient (Wildman–Crippen LogP) is 6.29. The largest absolute Gasteiger partial charge is 0.460 e. The number of benzene rings is 2. The molecular formula is C21H16Cl2O4. The molecule has 2 aromatic carbocycles. The number of aryl methyl sites for hydroxylation is 2. The molecule has 0 N–H and O–H groups in total. The molecule has 0 saturated heterocycles. The minimum Gasteiger partial charge on any atom is -0.460 e. The van der Waals surface area contributed by atoms with Crippen LogP contribution in [-0.2, 0) is 0 Å². The zero-order chi connectivity index (χ0) is 19.7. The van der Waals surface area contributed by atoms with Crippen molar-refractivity contribution in [3.8, 4) is 17.1 Å². The second kappa shape index (κ2) is 7.59. The average molecular weight is 403 g/mol. The Bertz CT molecular complexity index is 1050. The SMILES string of the molecule is CC(=O)c1cc(C)ccc1OC(=O)c1cc(-c2cc(Cl)ccc2Cl)oc1C. The number of ether oxygens (including phenoxy) is 1. The molecule has 0 bridgehead atoms. The molecule has 3 aromatic rings. The van der Waals surface area contributed by atoms with Crippen molar-refractivity contribution in [2.45, 2.75) is 20.8 Å². The molecule has 0 aliphatic carbocycles. The summed E-state index contributed by atoms with van der Waals surface area (Å²) < 4.78 is 11.1. The van der Waals surface area contributed by atoms with Crippen molar-refractivity contribution in [2.24, 2.45) is 0 Å². The van der Waals surface area contributed by atoms with E-state index in [9.17, 15) is 9.59 Å². The first-order valence-electron chi connectivity index (χ1n) is 8.16. The van der Waals surface area contributed by atoms with Gasteiger partial charge in [-0.3, -0.25) is 4.79 Å². The van der Waals surface area contributed by atoms with Crippen LogP contribution >= 0.6 is 23.2 Å². The van der Waals surface area contributed by atoms with Crippen molar-refractivity contribution < 1.29 is 18.7 Å². The number of esters is 1. The van der Waals surface area contributed by atoms with Gasteiger partial charge in [-0.1, -0.05) is 34.8 Å². The Morgan fingerprint density at radius 3 is 2.41 bits per heavy atom. The molecule has 0 saturated carbocycles. The van der Waals surface area contributed by atoms with Gasteiger partial charge < -0.3 is 9.15 Å². The van der Waals surface area contributed by atoms with Gasteiger partial charge in [0, 0.05) is 10.6 Å². The van der Waals surface area contributed by atoms with Gasteiger partial charge in [0.05, 0.1) is 10.6 Å². The maximum atomic E-state index is 12.6. The molecule has 0 aliphatic rings. The van der Waals surface area contributed by atoms with E-state index in [-0.39, 0.29) is 17.1 Å². The van der Waals surface area contributed by atoms with Crippen LogP contribution in [0.5, 0.6) is 5.75 Å². The van der Waals surface area contributed by atoms with Crippen molar-refractivity contribution >= 4 is 35.0 Å². The molecule has 3 rings (SSSR count). The van der Waals surface area contributed by atoms with Crippen LogP contribution in [0.2, 0.25) is 10.0 Å². The lowest BCUT2D eigenvalue weighted by atomic mass is 10.1. The Labute approximate surface area is 166 Å². The molecule has 0 unspecified atom stereocenters. The normalized spacial score (nSPS) is 10.7. The molecule has 0 radical (unpaired) electrons. The van der Waals surface area contributed by atoms with Crippen molar-refractivity contribution in [3.63, 3.8) is 0 Å². The van der Waals surface area contributed by atoms with E-state index in [4.69, 9.17) is 32.4 Å². The summed E-state index contributed by atoms with van der Waals surface area (Å²) in [6, 6.07) is 11.6. The van der Waals surface area contributed by atoms with Gasteiger partial charge in [0.1, 0.15) is 22.8 Å². The van der Waals surface area contributed by atoms with Crippen LogP contribution in [0.25, 0.3) is 11.3 Å². The number of ketones is 1. The summed E-state index contributed by atoms with van der Waals surface area (Å²) in [6.07, 6.45) is 0. The number of rotatable bonds is 4. The maximum absolute atomic E-state index is 12.6. The lowest BCUT2D eigenvalue weighted by Crippen LogP contribution is -2.11. The number of hydrogen-bond acceptors (Lipinski definition) is 4. The van der Waals surface area contributed by atoms with Crippen LogP contribution in [0.15, 0.2) is 46.9 Å². The van der Waals surface area contributed by atoms with E-state index >= 15 is 0 Å². The summed E-state index contributed by atoms with van der Waals surface area (Å²) in [5, 5.41) is 0.948. The Morgan fingerprint density at radius 1 is 0.963 bits per heavy atom. The lowest BCUT2D eigenvalue weighted by molar-refractivity contribution is 0.0731. The number of Topliss-reactive ketones (excluding diaryl/α,β-unsaturated/α-hetero) is 1. The molecule has 27 heavy (non-hydrogen) atoms. The fourth-order valence-electron chi connectivity index (χ4n) is 2.67. The maximum Gasteiger partial charge on any atom is 0.347 e. The van der Waals surface area contributed by atoms with Crippen molar-refractivity contribution in [3.05, 3.63) is 75.0 Å². The topological polar surface area (TPSA) is 56.5 Å². The number of halogens is 2. The standard InChI is InChI=1S/C21H16Cl2O4/c1-11-4-7-19(15(8-11)12(2)24)27-21(25)16-10-20(26-13(16)3)17-9-14(22)5-6-18(17)23/h4-10H,1-3H3. The van der Waals surface area contributed by atoms with Gasteiger partial charge in [-0.15, -0.1) is 0 Å². The van der Waals surface area contributed by atoms with Crippen LogP contribution in [-0.4, -0.2) is 11.8 Å². The van der Waals surface area contributed by atoms with Gasteiger partial charge in [0.25, 0.3) is 0 Å². The quantitative estimate of drug-likeness (QED) is 0.292. The highest BCUT2D eigenvalue weighted by Gasteiger charge is 2.21. The van der Waals surface area contributed by atoms with Crippen molar-refractivity contribution in [1.82, 2.24) is 0 Å². The molecule has 4 nitrogen and oxygen atoms in total. The smallest absolute Gasteiger partial charge is 0.347 e. The van der Waals surface area contributed by atoms with Gasteiger partial charge in [-0.2, -0.15) is 0 Å². The first-order chi connectivity index (χ1) is 12.8. The fourth-order valence-corrected chi connectivity index (χ4v) is 3.05. The monoisotopic (exact) mass is 402 g/mol. The second-order valence-electron chi connectivity index (χ2n) is 6.15. The molecular weight excluding hydrogens is 387 g/mol. The summed E-state index contributed by atoms with van der Waals surface area (Å²) in [6.45, 7) is 4.94. The first-order valence-corrected chi connectivity index (χ1v) is 8.91. The highest BCUT2D eigenvalue weighted by Crippen LogP contribution is 2.34. The van der Waals surface area contributed by atoms with Gasteiger partial charge in [-0.25, -0.2) is 4.79 Å². The first kappa shape index (κ1) is 19.2. The summed E-state index contributed by atoms with van der Waals surface area (Å²) >= 11 is 12.2. The highest BCUT2D eigenvalue weighted by molar-refractivity contribution is 6.35. The molecule has 0 fully saturated rings. The van der Waals surface area contributed by atoms with E-state index in [2.05, 4.69) is 0 Å².